The van der Waals surface area contributed by atoms with Crippen LogP contribution in [0.4, 0.5) is 0 Å². The Bertz CT molecular complexity index is 2040. The van der Waals surface area contributed by atoms with Crippen LogP contribution in [0.1, 0.15) is 323 Å². The molecule has 0 radical (unpaired) electrons. The van der Waals surface area contributed by atoms with Crippen LogP contribution < -0.4 is 10.6 Å². The number of allylic oxidation sites excluding steroid dienone is 10. The number of hydrogen-bond acceptors (Lipinski definition) is 16. The lowest BCUT2D eigenvalue weighted by Gasteiger charge is -2.40. The normalized spacial score (nSPS) is 22.6. The van der Waals surface area contributed by atoms with Crippen molar-refractivity contribution in [3.05, 3.63) is 72.9 Å². The molecule has 0 spiro atoms. The van der Waals surface area contributed by atoms with Gasteiger partial charge in [0, 0.05) is 12.8 Å². The standard InChI is InChI=1S/C42H75NO8.C40H75NO8/c1-3-5-7-9-11-13-15-17-18-20-22-24-26-28-30-32-38(46)43-35(34-50-42-41(49)40(48)39(47)37(33-44)51-42)36(45)31-29-27-25-23-21-19-16-14-12-10-8-6-4-2;1-3-5-7-9-11-13-15-17-19-21-23-25-27-29-34(43)33(32-48-40-39(47)38(46)37(45)35(31-42)49-40)41-36(44)30-28-26-24-22-20-18-16-14-12-10-8-6-4-2/h11,13-14,16-18,29,31,35-37,39-42,44-45,47-49H,3-10,12,15,19-28,30,32-34H2,1-2H3,(H,43,46);13,15,27,29,33-35,37-40,42-43,45-47H,3-12,14,16-26,28,30-32H2,1-2H3,(H,41,44)/b13-11-,16-14+,18-17-,31-29+;15-13+,29-27+/t35-,36+,37?,39+,40+,41?,42+;33-,34+,35?,37+,38+,39?,40+/m00/s1. The van der Waals surface area contributed by atoms with Gasteiger partial charge in [0.25, 0.3) is 0 Å². The number of carbonyl (C=O) groups is 2. The van der Waals surface area contributed by atoms with Crippen LogP contribution in [0.5, 0.6) is 0 Å². The van der Waals surface area contributed by atoms with Crippen LogP contribution in [0.2, 0.25) is 0 Å². The van der Waals surface area contributed by atoms with Gasteiger partial charge in [0.2, 0.25) is 11.8 Å². The quantitative estimate of drug-likeness (QED) is 0.0199. The number of aliphatic hydroxyl groups excluding tert-OH is 10. The molecule has 2 rings (SSSR count). The molecule has 2 fully saturated rings. The first-order chi connectivity index (χ1) is 48.7. The molecule has 12 N–H and O–H groups in total. The minimum Gasteiger partial charge on any atom is -0.394 e. The lowest BCUT2D eigenvalue weighted by molar-refractivity contribution is -0.302. The maximum absolute atomic E-state index is 12.9. The second-order valence-corrected chi connectivity index (χ2v) is 28.1. The summed E-state index contributed by atoms with van der Waals surface area (Å²) in [5.41, 5.74) is 0. The van der Waals surface area contributed by atoms with Gasteiger partial charge in [0.05, 0.1) is 50.7 Å². The van der Waals surface area contributed by atoms with E-state index in [0.29, 0.717) is 12.8 Å². The van der Waals surface area contributed by atoms with E-state index in [1.807, 2.05) is 12.2 Å². The van der Waals surface area contributed by atoms with Crippen LogP contribution in [0, 0.1) is 0 Å². The molecular formula is C82H150N2O16. The van der Waals surface area contributed by atoms with Gasteiger partial charge in [-0.1, -0.05) is 261 Å². The van der Waals surface area contributed by atoms with Gasteiger partial charge < -0.3 is 80.6 Å². The topological polar surface area (TPSA) is 297 Å². The van der Waals surface area contributed by atoms with Gasteiger partial charge in [-0.25, -0.2) is 0 Å². The highest BCUT2D eigenvalue weighted by Gasteiger charge is 2.46. The highest BCUT2D eigenvalue weighted by molar-refractivity contribution is 5.76. The number of nitrogens with one attached hydrogen (secondary N) is 2. The van der Waals surface area contributed by atoms with Crippen LogP contribution >= 0.6 is 0 Å². The third-order valence-electron chi connectivity index (χ3n) is 18.9. The highest BCUT2D eigenvalue weighted by Crippen LogP contribution is 2.25. The van der Waals surface area contributed by atoms with E-state index in [0.717, 1.165) is 141 Å². The van der Waals surface area contributed by atoms with E-state index in [1.165, 1.54) is 141 Å². The number of rotatable bonds is 64. The summed E-state index contributed by atoms with van der Waals surface area (Å²) < 4.78 is 22.3. The minimum absolute atomic E-state index is 0.184. The number of carbonyl (C=O) groups excluding carboxylic acids is 2. The molecule has 2 heterocycles. The Hall–Kier alpha value is -3.18. The largest absolute Gasteiger partial charge is 0.394 e. The van der Waals surface area contributed by atoms with Gasteiger partial charge in [0.15, 0.2) is 12.6 Å². The molecule has 0 saturated carbocycles. The smallest absolute Gasteiger partial charge is 0.220 e. The third kappa shape index (κ3) is 50.3. The van der Waals surface area contributed by atoms with Crippen LogP contribution in [0.15, 0.2) is 72.9 Å². The van der Waals surface area contributed by atoms with Crippen molar-refractivity contribution in [3.63, 3.8) is 0 Å². The molecule has 18 heteroatoms. The average Bonchev–Trinajstić information content (AvgIpc) is 0.827. The number of aliphatic hydroxyl groups is 10. The fourth-order valence-electron chi connectivity index (χ4n) is 12.2. The van der Waals surface area contributed by atoms with E-state index in [4.69, 9.17) is 18.9 Å². The first-order valence-corrected chi connectivity index (χ1v) is 40.4. The first-order valence-electron chi connectivity index (χ1n) is 40.4. The summed E-state index contributed by atoms with van der Waals surface area (Å²) in [5.74, 6) is -0.384. The van der Waals surface area contributed by atoms with Crippen molar-refractivity contribution in [1.29, 1.82) is 0 Å². The summed E-state index contributed by atoms with van der Waals surface area (Å²) in [6, 6.07) is -1.62. The lowest BCUT2D eigenvalue weighted by atomic mass is 9.99. The van der Waals surface area contributed by atoms with E-state index >= 15 is 0 Å². The maximum Gasteiger partial charge on any atom is 0.220 e. The first kappa shape index (κ1) is 94.8. The van der Waals surface area contributed by atoms with Gasteiger partial charge in [0.1, 0.15) is 48.8 Å². The highest BCUT2D eigenvalue weighted by atomic mass is 16.7. The van der Waals surface area contributed by atoms with Crippen molar-refractivity contribution in [3.8, 4) is 0 Å². The van der Waals surface area contributed by atoms with Crippen molar-refractivity contribution < 1.29 is 79.6 Å². The van der Waals surface area contributed by atoms with E-state index in [1.54, 1.807) is 12.2 Å². The van der Waals surface area contributed by atoms with E-state index in [2.05, 4.69) is 86.9 Å². The number of amides is 2. The monoisotopic (exact) mass is 1420 g/mol. The molecule has 100 heavy (non-hydrogen) atoms. The van der Waals surface area contributed by atoms with Crippen molar-refractivity contribution in [1.82, 2.24) is 10.6 Å². The van der Waals surface area contributed by atoms with Gasteiger partial charge in [-0.3, -0.25) is 9.59 Å². The minimum atomic E-state index is -1.57. The van der Waals surface area contributed by atoms with Gasteiger partial charge in [-0.05, 0) is 122 Å². The molecule has 0 aliphatic carbocycles. The van der Waals surface area contributed by atoms with E-state index in [9.17, 15) is 60.7 Å². The summed E-state index contributed by atoms with van der Waals surface area (Å²) in [7, 11) is 0. The molecule has 584 valence electrons. The van der Waals surface area contributed by atoms with Crippen molar-refractivity contribution in [2.24, 2.45) is 0 Å². The predicted octanol–water partition coefficient (Wildman–Crippen LogP) is 14.7. The summed E-state index contributed by atoms with van der Waals surface area (Å²) in [4.78, 5) is 25.7. The number of unbranched alkanes of at least 4 members (excludes halogenated alkanes) is 36. The molecule has 18 nitrogen and oxygen atoms in total. The Balaban J connectivity index is 0.00000100. The molecule has 0 bridgehead atoms. The zero-order chi connectivity index (χ0) is 73.3. The van der Waals surface area contributed by atoms with Crippen molar-refractivity contribution in [2.75, 3.05) is 26.4 Å². The lowest BCUT2D eigenvalue weighted by Crippen LogP contribution is -2.60. The van der Waals surface area contributed by atoms with Crippen LogP contribution in [0.25, 0.3) is 0 Å². The fourth-order valence-corrected chi connectivity index (χ4v) is 12.2. The second kappa shape index (κ2) is 67.7. The SMILES string of the molecule is CCCCC/C=C\C/C=C\CCCCCCCC(=O)N[C@@H](CO[C@@H]1OC(CO)[C@@H](O)[C@@H](O)C1O)[C@H](O)/C=C/CCCCC/C=C/CCCCCC.CCCCCC/C=C/CCCCC/C=C/[C@@H](O)[C@H](CO[C@@H]1OC(CO)[C@@H](O)[C@@H](O)C1O)NC(=O)CCCCCCCCCCCCCCC. The van der Waals surface area contributed by atoms with Crippen LogP contribution in [-0.2, 0) is 28.5 Å². The van der Waals surface area contributed by atoms with Crippen molar-refractivity contribution >= 4 is 11.8 Å². The molecule has 2 aliphatic heterocycles. The molecule has 2 aliphatic rings. The molecule has 2 saturated heterocycles. The zero-order valence-corrected chi connectivity index (χ0v) is 63.3. The molecule has 2 amide bonds. The second-order valence-electron chi connectivity index (χ2n) is 28.1. The summed E-state index contributed by atoms with van der Waals surface area (Å²) in [5, 5.41) is 108. The molecule has 0 aromatic rings. The Morgan fingerprint density at radius 2 is 0.590 bits per heavy atom. The summed E-state index contributed by atoms with van der Waals surface area (Å²) in [6.07, 6.45) is 60.7. The van der Waals surface area contributed by atoms with Gasteiger partial charge >= 0.3 is 0 Å². The molecule has 0 aromatic heterocycles. The molecular weight excluding hydrogens is 1270 g/mol. The fraction of sp³-hybridized carbons (Fsp3) is 0.829. The molecule has 0 aromatic carbocycles. The molecule has 14 atom stereocenters. The van der Waals surface area contributed by atoms with Gasteiger partial charge in [-0.2, -0.15) is 0 Å². The predicted molar refractivity (Wildman–Crippen MR) is 405 cm³/mol. The number of hydrogen-bond donors (Lipinski definition) is 12. The van der Waals surface area contributed by atoms with E-state index in [-0.39, 0.29) is 25.0 Å². The summed E-state index contributed by atoms with van der Waals surface area (Å²) >= 11 is 0. The summed E-state index contributed by atoms with van der Waals surface area (Å²) in [6.45, 7) is 7.40. The van der Waals surface area contributed by atoms with Crippen LogP contribution in [0.3, 0.4) is 0 Å². The Morgan fingerprint density at radius 3 is 0.910 bits per heavy atom. The van der Waals surface area contributed by atoms with Crippen LogP contribution in [-0.4, -0.2) is 175 Å². The third-order valence-corrected chi connectivity index (χ3v) is 18.9. The van der Waals surface area contributed by atoms with Gasteiger partial charge in [-0.15, -0.1) is 0 Å². The zero-order valence-electron chi connectivity index (χ0n) is 63.3. The Labute approximate surface area is 607 Å². The maximum atomic E-state index is 12.9. The molecule has 4 unspecified atom stereocenters. The number of ether oxygens (including phenoxy) is 4. The Morgan fingerprint density at radius 1 is 0.340 bits per heavy atom. The average molecular weight is 1420 g/mol. The Kier molecular flexibility index (Phi) is 64.2. The van der Waals surface area contributed by atoms with E-state index < -0.39 is 98.9 Å². The van der Waals surface area contributed by atoms with Crippen molar-refractivity contribution in [2.45, 2.75) is 409 Å².